The summed E-state index contributed by atoms with van der Waals surface area (Å²) in [4.78, 5) is 16.4. The van der Waals surface area contributed by atoms with Crippen LogP contribution in [0.1, 0.15) is 33.3 Å². The van der Waals surface area contributed by atoms with Crippen LogP contribution in [0.25, 0.3) is 0 Å². The first-order valence-corrected chi connectivity index (χ1v) is 8.33. The van der Waals surface area contributed by atoms with Crippen molar-refractivity contribution in [3.05, 3.63) is 23.8 Å². The van der Waals surface area contributed by atoms with Crippen LogP contribution in [-0.2, 0) is 11.3 Å². The number of nitrogens with one attached hydrogen (secondary N) is 3. The predicted octanol–water partition coefficient (Wildman–Crippen LogP) is 1.67. The molecular weight excluding hydrogens is 320 g/mol. The topological polar surface area (TPSA) is 84.0 Å². The van der Waals surface area contributed by atoms with E-state index in [1.807, 2.05) is 45.9 Å². The quantitative estimate of drug-likeness (QED) is 0.515. The molecule has 0 atom stereocenters. The summed E-state index contributed by atoms with van der Waals surface area (Å²) in [6.07, 6.45) is 0. The molecular formula is C18H30N4O3. The van der Waals surface area contributed by atoms with Gasteiger partial charge in [0.1, 0.15) is 11.5 Å². The van der Waals surface area contributed by atoms with E-state index in [1.54, 1.807) is 14.2 Å². The number of ether oxygens (including phenoxy) is 2. The lowest BCUT2D eigenvalue weighted by Crippen LogP contribution is -2.48. The molecule has 140 valence electrons. The van der Waals surface area contributed by atoms with E-state index in [4.69, 9.17) is 9.47 Å². The van der Waals surface area contributed by atoms with Crippen LogP contribution >= 0.6 is 0 Å². The van der Waals surface area contributed by atoms with E-state index in [2.05, 4.69) is 20.9 Å². The molecule has 25 heavy (non-hydrogen) atoms. The van der Waals surface area contributed by atoms with Gasteiger partial charge in [-0.25, -0.2) is 4.99 Å². The van der Waals surface area contributed by atoms with Gasteiger partial charge in [0.2, 0.25) is 5.91 Å². The van der Waals surface area contributed by atoms with E-state index in [0.29, 0.717) is 24.8 Å². The number of methoxy groups -OCH3 is 2. The Labute approximate surface area is 150 Å². The number of hydrogen-bond acceptors (Lipinski definition) is 4. The molecule has 0 unspecified atom stereocenters. The lowest BCUT2D eigenvalue weighted by Gasteiger charge is -2.21. The Kier molecular flexibility index (Phi) is 8.04. The third-order valence-corrected chi connectivity index (χ3v) is 3.18. The number of carbonyl (C=O) groups is 1. The molecule has 3 N–H and O–H groups in total. The normalized spacial score (nSPS) is 11.7. The van der Waals surface area contributed by atoms with Crippen molar-refractivity contribution < 1.29 is 14.3 Å². The first-order chi connectivity index (χ1) is 11.8. The highest BCUT2D eigenvalue weighted by Crippen LogP contribution is 2.25. The lowest BCUT2D eigenvalue weighted by atomic mass is 10.1. The molecule has 0 spiro atoms. The van der Waals surface area contributed by atoms with Crippen LogP contribution in [0.3, 0.4) is 0 Å². The lowest BCUT2D eigenvalue weighted by molar-refractivity contribution is -0.121. The van der Waals surface area contributed by atoms with Gasteiger partial charge in [-0.2, -0.15) is 0 Å². The molecule has 1 amide bonds. The number of amides is 1. The molecule has 0 heterocycles. The summed E-state index contributed by atoms with van der Waals surface area (Å²) in [7, 11) is 3.23. The highest BCUT2D eigenvalue weighted by molar-refractivity contribution is 5.86. The Bertz CT molecular complexity index is 594. The predicted molar refractivity (Wildman–Crippen MR) is 100 cm³/mol. The molecule has 7 heteroatoms. The fourth-order valence-corrected chi connectivity index (χ4v) is 2.11. The van der Waals surface area contributed by atoms with Crippen molar-refractivity contribution in [1.29, 1.82) is 0 Å². The van der Waals surface area contributed by atoms with Gasteiger partial charge in [-0.1, -0.05) is 0 Å². The van der Waals surface area contributed by atoms with Gasteiger partial charge in [-0.15, -0.1) is 0 Å². The maximum Gasteiger partial charge on any atom is 0.239 e. The molecule has 1 rings (SSSR count). The van der Waals surface area contributed by atoms with E-state index >= 15 is 0 Å². The summed E-state index contributed by atoms with van der Waals surface area (Å²) in [6, 6.07) is 5.60. The molecule has 1 aromatic rings. The molecule has 0 aliphatic heterocycles. The average Bonchev–Trinajstić information content (AvgIpc) is 2.55. The van der Waals surface area contributed by atoms with Crippen LogP contribution in [-0.4, -0.2) is 44.7 Å². The third kappa shape index (κ3) is 7.78. The van der Waals surface area contributed by atoms with E-state index < -0.39 is 0 Å². The second kappa shape index (κ2) is 9.76. The third-order valence-electron chi connectivity index (χ3n) is 3.18. The van der Waals surface area contributed by atoms with Crippen LogP contribution in [0.5, 0.6) is 11.5 Å². The molecule has 0 saturated heterocycles. The highest BCUT2D eigenvalue weighted by Gasteiger charge is 2.13. The van der Waals surface area contributed by atoms with Crippen LogP contribution in [0.2, 0.25) is 0 Å². The van der Waals surface area contributed by atoms with Crippen molar-refractivity contribution in [2.75, 3.05) is 27.3 Å². The van der Waals surface area contributed by atoms with Crippen LogP contribution < -0.4 is 25.4 Å². The molecule has 0 bridgehead atoms. The number of benzene rings is 1. The van der Waals surface area contributed by atoms with Gasteiger partial charge in [0.05, 0.1) is 27.3 Å². The first kappa shape index (κ1) is 20.6. The maximum absolute atomic E-state index is 11.9. The summed E-state index contributed by atoms with van der Waals surface area (Å²) < 4.78 is 10.6. The Balaban J connectivity index is 2.74. The van der Waals surface area contributed by atoms with Crippen molar-refractivity contribution in [3.63, 3.8) is 0 Å². The highest BCUT2D eigenvalue weighted by atomic mass is 16.5. The number of nitrogens with zero attached hydrogens (tertiary/aromatic N) is 1. The number of carbonyl (C=O) groups excluding carboxylic acids is 1. The first-order valence-electron chi connectivity index (χ1n) is 8.33. The Morgan fingerprint density at radius 1 is 1.16 bits per heavy atom. The van der Waals surface area contributed by atoms with E-state index in [1.165, 1.54) is 0 Å². The SMILES string of the molecule is CCNC(=NCc1ccc(OC)cc1OC)NCC(=O)NC(C)(C)C. The largest absolute Gasteiger partial charge is 0.497 e. The minimum absolute atomic E-state index is 0.0832. The zero-order chi connectivity index (χ0) is 18.9. The van der Waals surface area contributed by atoms with Crippen LogP contribution in [0.4, 0.5) is 0 Å². The van der Waals surface area contributed by atoms with Gasteiger partial charge in [0.25, 0.3) is 0 Å². The molecule has 0 aliphatic carbocycles. The Morgan fingerprint density at radius 2 is 1.88 bits per heavy atom. The number of rotatable bonds is 7. The molecule has 0 radical (unpaired) electrons. The summed E-state index contributed by atoms with van der Waals surface area (Å²) >= 11 is 0. The average molecular weight is 350 g/mol. The fraction of sp³-hybridized carbons (Fsp3) is 0.556. The van der Waals surface area contributed by atoms with Gasteiger partial charge < -0.3 is 25.4 Å². The van der Waals surface area contributed by atoms with E-state index in [-0.39, 0.29) is 18.0 Å². The standard InChI is InChI=1S/C18H30N4O3/c1-7-19-17(21-12-16(23)22-18(2,3)4)20-11-13-8-9-14(24-5)10-15(13)25-6/h8-10H,7,11-12H2,1-6H3,(H,22,23)(H2,19,20,21). The maximum atomic E-state index is 11.9. The molecule has 0 aromatic heterocycles. The number of hydrogen-bond donors (Lipinski definition) is 3. The zero-order valence-electron chi connectivity index (χ0n) is 16.0. The van der Waals surface area contributed by atoms with Gasteiger partial charge in [0, 0.05) is 23.7 Å². The minimum atomic E-state index is -0.259. The summed E-state index contributed by atoms with van der Waals surface area (Å²) in [5, 5.41) is 9.06. The van der Waals surface area contributed by atoms with E-state index in [0.717, 1.165) is 11.3 Å². The van der Waals surface area contributed by atoms with Crippen molar-refractivity contribution in [1.82, 2.24) is 16.0 Å². The van der Waals surface area contributed by atoms with Gasteiger partial charge in [-0.3, -0.25) is 4.79 Å². The van der Waals surface area contributed by atoms with E-state index in [9.17, 15) is 4.79 Å². The number of guanidine groups is 1. The summed E-state index contributed by atoms with van der Waals surface area (Å²) in [5.74, 6) is 1.93. The van der Waals surface area contributed by atoms with Crippen molar-refractivity contribution in [2.45, 2.75) is 39.8 Å². The smallest absolute Gasteiger partial charge is 0.239 e. The van der Waals surface area contributed by atoms with Crippen molar-refractivity contribution in [2.24, 2.45) is 4.99 Å². The van der Waals surface area contributed by atoms with Crippen molar-refractivity contribution >= 4 is 11.9 Å². The second-order valence-corrected chi connectivity index (χ2v) is 6.52. The Morgan fingerprint density at radius 3 is 2.44 bits per heavy atom. The minimum Gasteiger partial charge on any atom is -0.497 e. The van der Waals surface area contributed by atoms with Gasteiger partial charge >= 0.3 is 0 Å². The Hall–Kier alpha value is -2.44. The zero-order valence-corrected chi connectivity index (χ0v) is 16.0. The molecule has 1 aromatic carbocycles. The fourth-order valence-electron chi connectivity index (χ4n) is 2.11. The number of aliphatic imine (C=N–C) groups is 1. The summed E-state index contributed by atoms with van der Waals surface area (Å²) in [6.45, 7) is 9.08. The van der Waals surface area contributed by atoms with Gasteiger partial charge in [0.15, 0.2) is 5.96 Å². The summed E-state index contributed by atoms with van der Waals surface area (Å²) in [5.41, 5.74) is 0.671. The van der Waals surface area contributed by atoms with Gasteiger partial charge in [-0.05, 0) is 39.8 Å². The molecule has 0 fully saturated rings. The molecule has 7 nitrogen and oxygen atoms in total. The molecule has 0 saturated carbocycles. The van der Waals surface area contributed by atoms with Crippen LogP contribution in [0, 0.1) is 0 Å². The van der Waals surface area contributed by atoms with Crippen LogP contribution in [0.15, 0.2) is 23.2 Å². The van der Waals surface area contributed by atoms with Crippen molar-refractivity contribution in [3.8, 4) is 11.5 Å². The monoisotopic (exact) mass is 350 g/mol. The molecule has 0 aliphatic rings. The second-order valence-electron chi connectivity index (χ2n) is 6.52.